The minimum absolute atomic E-state index is 0.189. The fourth-order valence-corrected chi connectivity index (χ4v) is 3.70. The Balaban J connectivity index is 1.71. The Bertz CT molecular complexity index is 710. The molecule has 2 amide bonds. The number of carbonyl (C=O) groups is 1. The number of urea groups is 1. The van der Waals surface area contributed by atoms with Crippen molar-refractivity contribution in [3.63, 3.8) is 0 Å². The average molecular weight is 337 g/mol. The summed E-state index contributed by atoms with van der Waals surface area (Å²) in [6.07, 6.45) is 0.768. The number of thioether (sulfide) groups is 1. The van der Waals surface area contributed by atoms with Crippen molar-refractivity contribution in [1.82, 2.24) is 5.32 Å². The second kappa shape index (κ2) is 6.58. The van der Waals surface area contributed by atoms with Crippen molar-refractivity contribution in [1.29, 1.82) is 0 Å². The number of fused-ring (bicyclic) bond motifs is 1. The van der Waals surface area contributed by atoms with E-state index in [1.165, 1.54) is 12.1 Å². The first-order chi connectivity index (χ1) is 10.6. The quantitative estimate of drug-likeness (QED) is 0.824. The van der Waals surface area contributed by atoms with Crippen LogP contribution in [0.15, 0.2) is 47.4 Å². The van der Waals surface area contributed by atoms with Crippen molar-refractivity contribution < 1.29 is 9.18 Å². The van der Waals surface area contributed by atoms with Gasteiger partial charge in [0.15, 0.2) is 0 Å². The molecule has 3 nitrogen and oxygen atoms in total. The maximum Gasteiger partial charge on any atom is 0.319 e. The largest absolute Gasteiger partial charge is 0.331 e. The van der Waals surface area contributed by atoms with Gasteiger partial charge >= 0.3 is 6.03 Å². The van der Waals surface area contributed by atoms with Crippen LogP contribution in [0.1, 0.15) is 18.0 Å². The lowest BCUT2D eigenvalue weighted by atomic mass is 10.0. The summed E-state index contributed by atoms with van der Waals surface area (Å²) in [5.74, 6) is 0.601. The van der Waals surface area contributed by atoms with Crippen LogP contribution in [0.4, 0.5) is 14.9 Å². The van der Waals surface area contributed by atoms with Gasteiger partial charge in [0.2, 0.25) is 0 Å². The van der Waals surface area contributed by atoms with Gasteiger partial charge in [-0.25, -0.2) is 9.18 Å². The summed E-state index contributed by atoms with van der Waals surface area (Å²) >= 11 is 7.57. The lowest BCUT2D eigenvalue weighted by molar-refractivity contribution is 0.248. The fourth-order valence-electron chi connectivity index (χ4n) is 2.41. The molecule has 0 unspecified atom stereocenters. The van der Waals surface area contributed by atoms with Gasteiger partial charge in [-0.3, -0.25) is 0 Å². The van der Waals surface area contributed by atoms with Crippen molar-refractivity contribution in [2.75, 3.05) is 11.1 Å². The summed E-state index contributed by atoms with van der Waals surface area (Å²) in [5, 5.41) is 6.19. The van der Waals surface area contributed by atoms with Gasteiger partial charge in [0.1, 0.15) is 5.82 Å². The van der Waals surface area contributed by atoms with Crippen molar-refractivity contribution in [3.05, 3.63) is 58.9 Å². The molecule has 3 rings (SSSR count). The first-order valence-electron chi connectivity index (χ1n) is 6.87. The van der Waals surface area contributed by atoms with E-state index in [-0.39, 0.29) is 17.9 Å². The normalized spacial score (nSPS) is 16.7. The van der Waals surface area contributed by atoms with Crippen LogP contribution in [0.5, 0.6) is 0 Å². The predicted molar refractivity (Wildman–Crippen MR) is 88.1 cm³/mol. The summed E-state index contributed by atoms with van der Waals surface area (Å²) in [5.41, 5.74) is 1.45. The van der Waals surface area contributed by atoms with Gasteiger partial charge in [-0.2, -0.15) is 0 Å². The molecule has 0 radical (unpaired) electrons. The van der Waals surface area contributed by atoms with Crippen LogP contribution >= 0.6 is 23.4 Å². The van der Waals surface area contributed by atoms with Crippen LogP contribution in [0, 0.1) is 5.82 Å². The van der Waals surface area contributed by atoms with E-state index < -0.39 is 0 Å². The Labute approximate surface area is 137 Å². The second-order valence-corrected chi connectivity index (χ2v) is 6.55. The van der Waals surface area contributed by atoms with E-state index in [1.807, 2.05) is 0 Å². The fraction of sp³-hybridized carbons (Fsp3) is 0.188. The van der Waals surface area contributed by atoms with Gasteiger partial charge < -0.3 is 10.6 Å². The number of benzene rings is 2. The lowest BCUT2D eigenvalue weighted by Gasteiger charge is -2.26. The molecule has 0 aliphatic carbocycles. The molecule has 6 heteroatoms. The maximum atomic E-state index is 13.4. The third-order valence-corrected chi connectivity index (χ3v) is 4.76. The van der Waals surface area contributed by atoms with Gasteiger partial charge in [-0.15, -0.1) is 11.8 Å². The average Bonchev–Trinajstić information content (AvgIpc) is 2.48. The highest BCUT2D eigenvalue weighted by Crippen LogP contribution is 2.36. The summed E-state index contributed by atoms with van der Waals surface area (Å²) in [4.78, 5) is 13.1. The molecule has 0 bridgehead atoms. The van der Waals surface area contributed by atoms with Crippen molar-refractivity contribution >= 4 is 35.1 Å². The van der Waals surface area contributed by atoms with Gasteiger partial charge in [0.05, 0.1) is 6.04 Å². The Hall–Kier alpha value is -1.72. The second-order valence-electron chi connectivity index (χ2n) is 4.98. The van der Waals surface area contributed by atoms with Crippen molar-refractivity contribution in [2.24, 2.45) is 0 Å². The molecule has 0 spiro atoms. The van der Waals surface area contributed by atoms with E-state index in [4.69, 9.17) is 11.6 Å². The molecule has 0 saturated carbocycles. The summed E-state index contributed by atoms with van der Waals surface area (Å²) in [6.45, 7) is 0. The summed E-state index contributed by atoms with van der Waals surface area (Å²) in [6, 6.07) is 11.1. The standard InChI is InChI=1S/C16H14ClFN2OS/c17-10-2-1-3-12(8-10)19-16(21)20-14-6-7-22-15-5-4-11(18)9-13(14)15/h1-5,8-9,14H,6-7H2,(H2,19,20,21)/t14-/m0/s1. The molecule has 0 aromatic heterocycles. The Morgan fingerprint density at radius 1 is 1.27 bits per heavy atom. The highest BCUT2D eigenvalue weighted by atomic mass is 35.5. The molecule has 2 N–H and O–H groups in total. The number of nitrogens with one attached hydrogen (secondary N) is 2. The Morgan fingerprint density at radius 3 is 2.95 bits per heavy atom. The van der Waals surface area contributed by atoms with Crippen LogP contribution in [-0.4, -0.2) is 11.8 Å². The molecule has 114 valence electrons. The molecule has 2 aromatic rings. The van der Waals surface area contributed by atoms with E-state index in [0.29, 0.717) is 10.7 Å². The van der Waals surface area contributed by atoms with Crippen molar-refractivity contribution in [2.45, 2.75) is 17.4 Å². The Morgan fingerprint density at radius 2 is 2.14 bits per heavy atom. The van der Waals surface area contributed by atoms with Crippen LogP contribution < -0.4 is 10.6 Å². The predicted octanol–water partition coefficient (Wildman–Crippen LogP) is 4.84. The van der Waals surface area contributed by atoms with E-state index in [0.717, 1.165) is 22.6 Å². The van der Waals surface area contributed by atoms with E-state index in [2.05, 4.69) is 10.6 Å². The number of halogens is 2. The Kier molecular flexibility index (Phi) is 4.55. The molecule has 2 aromatic carbocycles. The molecule has 0 fully saturated rings. The first kappa shape index (κ1) is 15.2. The number of anilines is 1. The van der Waals surface area contributed by atoms with Crippen LogP contribution in [-0.2, 0) is 0 Å². The molecule has 1 aliphatic heterocycles. The van der Waals surface area contributed by atoms with Crippen LogP contribution in [0.3, 0.4) is 0 Å². The third kappa shape index (κ3) is 3.54. The highest BCUT2D eigenvalue weighted by molar-refractivity contribution is 7.99. The SMILES string of the molecule is O=C(Nc1cccc(Cl)c1)N[C@H]1CCSc2ccc(F)cc21. The number of rotatable bonds is 2. The van der Waals surface area contributed by atoms with E-state index >= 15 is 0 Å². The zero-order valence-corrected chi connectivity index (χ0v) is 13.2. The molecule has 1 heterocycles. The van der Waals surface area contributed by atoms with Gasteiger partial charge in [0, 0.05) is 21.4 Å². The molecular weight excluding hydrogens is 323 g/mol. The molecule has 0 saturated heterocycles. The minimum Gasteiger partial charge on any atom is -0.331 e. The highest BCUT2D eigenvalue weighted by Gasteiger charge is 2.22. The van der Waals surface area contributed by atoms with Crippen molar-refractivity contribution in [3.8, 4) is 0 Å². The number of hydrogen-bond acceptors (Lipinski definition) is 2. The number of carbonyl (C=O) groups excluding carboxylic acids is 1. The smallest absolute Gasteiger partial charge is 0.319 e. The van der Waals surface area contributed by atoms with E-state index in [1.54, 1.807) is 42.1 Å². The van der Waals surface area contributed by atoms with Gasteiger partial charge in [0.25, 0.3) is 0 Å². The number of hydrogen-bond donors (Lipinski definition) is 2. The molecule has 1 aliphatic rings. The zero-order valence-electron chi connectivity index (χ0n) is 11.6. The summed E-state index contributed by atoms with van der Waals surface area (Å²) in [7, 11) is 0. The monoisotopic (exact) mass is 336 g/mol. The first-order valence-corrected chi connectivity index (χ1v) is 8.23. The third-order valence-electron chi connectivity index (χ3n) is 3.40. The molecular formula is C16H14ClFN2OS. The maximum absolute atomic E-state index is 13.4. The summed E-state index contributed by atoms with van der Waals surface area (Å²) < 4.78 is 13.4. The zero-order chi connectivity index (χ0) is 15.5. The lowest BCUT2D eigenvalue weighted by Crippen LogP contribution is -2.34. The topological polar surface area (TPSA) is 41.1 Å². The minimum atomic E-state index is -0.325. The van der Waals surface area contributed by atoms with E-state index in [9.17, 15) is 9.18 Å². The molecule has 1 atom stereocenters. The van der Waals surface area contributed by atoms with Gasteiger partial charge in [-0.05, 0) is 48.4 Å². The van der Waals surface area contributed by atoms with Gasteiger partial charge in [-0.1, -0.05) is 17.7 Å². The van der Waals surface area contributed by atoms with Crippen LogP contribution in [0.25, 0.3) is 0 Å². The number of amides is 2. The molecule has 22 heavy (non-hydrogen) atoms. The van der Waals surface area contributed by atoms with Crippen LogP contribution in [0.2, 0.25) is 5.02 Å².